The van der Waals surface area contributed by atoms with Crippen molar-refractivity contribution in [3.8, 4) is 0 Å². The first-order valence-corrected chi connectivity index (χ1v) is 6.44. The number of hydrogen-bond acceptors (Lipinski definition) is 5. The molecule has 1 aromatic rings. The third kappa shape index (κ3) is 2.62. The third-order valence-electron chi connectivity index (χ3n) is 3.41. The Morgan fingerprint density at radius 3 is 2.50 bits per heavy atom. The minimum atomic E-state index is -0.744. The predicted octanol–water partition coefficient (Wildman–Crippen LogP) is 0.819. The van der Waals surface area contributed by atoms with Gasteiger partial charge < -0.3 is 15.5 Å². The van der Waals surface area contributed by atoms with Crippen LogP contribution in [0.1, 0.15) is 36.8 Å². The lowest BCUT2D eigenvalue weighted by atomic mass is 9.95. The number of fused-ring (bicyclic) bond motifs is 1. The summed E-state index contributed by atoms with van der Waals surface area (Å²) in [6.07, 6.45) is 4.26. The summed E-state index contributed by atoms with van der Waals surface area (Å²) in [5.74, 6) is 1.50. The van der Waals surface area contributed by atoms with Crippen LogP contribution in [-0.4, -0.2) is 38.9 Å². The number of anilines is 1. The molecule has 5 nitrogen and oxygen atoms in total. The van der Waals surface area contributed by atoms with Gasteiger partial charge in [-0.2, -0.15) is 0 Å². The van der Waals surface area contributed by atoms with Crippen LogP contribution in [0.4, 0.5) is 5.82 Å². The van der Waals surface area contributed by atoms with Gasteiger partial charge in [0.25, 0.3) is 0 Å². The maximum atomic E-state index is 9.35. The highest BCUT2D eigenvalue weighted by atomic mass is 16.3. The van der Waals surface area contributed by atoms with Gasteiger partial charge in [-0.1, -0.05) is 0 Å². The molecule has 0 atom stereocenters. The first-order chi connectivity index (χ1) is 8.58. The zero-order valence-corrected chi connectivity index (χ0v) is 11.0. The molecule has 1 aliphatic rings. The fraction of sp³-hybridized carbons (Fsp3) is 0.692. The van der Waals surface area contributed by atoms with Crippen molar-refractivity contribution >= 4 is 5.82 Å². The molecule has 2 rings (SSSR count). The van der Waals surface area contributed by atoms with Crippen LogP contribution in [0.15, 0.2) is 0 Å². The molecule has 0 fully saturated rings. The molecule has 0 aliphatic heterocycles. The van der Waals surface area contributed by atoms with E-state index in [1.807, 2.05) is 6.92 Å². The van der Waals surface area contributed by atoms with Crippen molar-refractivity contribution < 1.29 is 10.2 Å². The third-order valence-corrected chi connectivity index (χ3v) is 3.41. The van der Waals surface area contributed by atoms with Crippen LogP contribution >= 0.6 is 0 Å². The van der Waals surface area contributed by atoms with Gasteiger partial charge in [-0.25, -0.2) is 9.97 Å². The van der Waals surface area contributed by atoms with Crippen LogP contribution in [0.3, 0.4) is 0 Å². The number of hydrogen-bond donors (Lipinski definition) is 3. The first-order valence-electron chi connectivity index (χ1n) is 6.44. The number of aliphatic hydroxyl groups is 2. The van der Waals surface area contributed by atoms with Crippen molar-refractivity contribution in [2.45, 2.75) is 45.1 Å². The summed E-state index contributed by atoms with van der Waals surface area (Å²) in [7, 11) is 0. The highest BCUT2D eigenvalue weighted by Gasteiger charge is 2.26. The minimum absolute atomic E-state index is 0.138. The van der Waals surface area contributed by atoms with Gasteiger partial charge in [0.2, 0.25) is 0 Å². The van der Waals surface area contributed by atoms with Crippen LogP contribution in [-0.2, 0) is 12.8 Å². The summed E-state index contributed by atoms with van der Waals surface area (Å²) in [5, 5.41) is 21.9. The van der Waals surface area contributed by atoms with Gasteiger partial charge in [-0.15, -0.1) is 0 Å². The van der Waals surface area contributed by atoms with Gasteiger partial charge in [-0.05, 0) is 39.5 Å². The minimum Gasteiger partial charge on any atom is -0.394 e. The molecule has 5 heteroatoms. The van der Waals surface area contributed by atoms with E-state index in [2.05, 4.69) is 15.3 Å². The molecule has 1 aromatic heterocycles. The molecular formula is C13H21N3O2. The Bertz CT molecular complexity index is 430. The Morgan fingerprint density at radius 2 is 1.83 bits per heavy atom. The van der Waals surface area contributed by atoms with Gasteiger partial charge >= 0.3 is 0 Å². The van der Waals surface area contributed by atoms with Crippen LogP contribution in [0.5, 0.6) is 0 Å². The van der Waals surface area contributed by atoms with Gasteiger partial charge in [0, 0.05) is 11.3 Å². The Hall–Kier alpha value is -1.20. The van der Waals surface area contributed by atoms with Crippen LogP contribution in [0, 0.1) is 6.92 Å². The molecule has 1 heterocycles. The summed E-state index contributed by atoms with van der Waals surface area (Å²) < 4.78 is 0. The summed E-state index contributed by atoms with van der Waals surface area (Å²) in [5.41, 5.74) is 1.50. The highest BCUT2D eigenvalue weighted by molar-refractivity contribution is 5.49. The monoisotopic (exact) mass is 251 g/mol. The molecule has 0 radical (unpaired) electrons. The Morgan fingerprint density at radius 1 is 1.17 bits per heavy atom. The van der Waals surface area contributed by atoms with E-state index in [-0.39, 0.29) is 13.2 Å². The van der Waals surface area contributed by atoms with E-state index in [0.717, 1.165) is 42.2 Å². The second kappa shape index (κ2) is 5.20. The largest absolute Gasteiger partial charge is 0.394 e. The van der Waals surface area contributed by atoms with Crippen molar-refractivity contribution in [3.05, 3.63) is 17.1 Å². The Kier molecular flexibility index (Phi) is 3.82. The molecule has 0 spiro atoms. The summed E-state index contributed by atoms with van der Waals surface area (Å²) in [6, 6.07) is 0. The zero-order valence-electron chi connectivity index (χ0n) is 11.0. The fourth-order valence-electron chi connectivity index (χ4n) is 2.24. The molecule has 0 bridgehead atoms. The van der Waals surface area contributed by atoms with Crippen molar-refractivity contribution in [3.63, 3.8) is 0 Å². The SMILES string of the molecule is Cc1nc2c(c(NC(C)(CO)CO)n1)CCCC2. The van der Waals surface area contributed by atoms with E-state index < -0.39 is 5.54 Å². The van der Waals surface area contributed by atoms with E-state index in [0.29, 0.717) is 0 Å². The van der Waals surface area contributed by atoms with Crippen molar-refractivity contribution in [1.82, 2.24) is 9.97 Å². The van der Waals surface area contributed by atoms with Gasteiger partial charge in [0.1, 0.15) is 11.6 Å². The Labute approximate surface area is 107 Å². The number of aryl methyl sites for hydroxylation is 2. The lowest BCUT2D eigenvalue weighted by molar-refractivity contribution is 0.147. The summed E-state index contributed by atoms with van der Waals surface area (Å²) >= 11 is 0. The summed E-state index contributed by atoms with van der Waals surface area (Å²) in [6.45, 7) is 3.37. The topological polar surface area (TPSA) is 78.3 Å². The zero-order chi connectivity index (χ0) is 13.2. The van der Waals surface area contributed by atoms with E-state index in [1.54, 1.807) is 6.92 Å². The maximum absolute atomic E-state index is 9.35. The molecule has 18 heavy (non-hydrogen) atoms. The van der Waals surface area contributed by atoms with E-state index in [9.17, 15) is 10.2 Å². The fourth-order valence-corrected chi connectivity index (χ4v) is 2.24. The smallest absolute Gasteiger partial charge is 0.133 e. The number of aliphatic hydroxyl groups excluding tert-OH is 2. The van der Waals surface area contributed by atoms with Crippen LogP contribution in [0.25, 0.3) is 0 Å². The quantitative estimate of drug-likeness (QED) is 0.738. The molecule has 0 unspecified atom stereocenters. The molecule has 3 N–H and O–H groups in total. The van der Waals surface area contributed by atoms with E-state index >= 15 is 0 Å². The van der Waals surface area contributed by atoms with Crippen LogP contribution in [0.2, 0.25) is 0 Å². The number of nitrogens with zero attached hydrogens (tertiary/aromatic N) is 2. The number of rotatable bonds is 4. The van der Waals surface area contributed by atoms with Gasteiger partial charge in [0.05, 0.1) is 18.8 Å². The molecule has 0 aromatic carbocycles. The maximum Gasteiger partial charge on any atom is 0.133 e. The van der Waals surface area contributed by atoms with Crippen molar-refractivity contribution in [2.75, 3.05) is 18.5 Å². The second-order valence-corrected chi connectivity index (χ2v) is 5.25. The van der Waals surface area contributed by atoms with E-state index in [4.69, 9.17) is 0 Å². The average molecular weight is 251 g/mol. The van der Waals surface area contributed by atoms with Gasteiger partial charge in [-0.3, -0.25) is 0 Å². The van der Waals surface area contributed by atoms with Crippen LogP contribution < -0.4 is 5.32 Å². The summed E-state index contributed by atoms with van der Waals surface area (Å²) in [4.78, 5) is 8.90. The molecule has 0 saturated heterocycles. The standard InChI is InChI=1S/C13H21N3O2/c1-9-14-11-6-4-3-5-10(11)12(15-9)16-13(2,7-17)8-18/h17-18H,3-8H2,1-2H3,(H,14,15,16). The second-order valence-electron chi connectivity index (χ2n) is 5.25. The highest BCUT2D eigenvalue weighted by Crippen LogP contribution is 2.27. The molecule has 100 valence electrons. The normalized spacial score (nSPS) is 15.3. The Balaban J connectivity index is 2.35. The first kappa shape index (κ1) is 13.2. The lowest BCUT2D eigenvalue weighted by Crippen LogP contribution is -2.43. The van der Waals surface area contributed by atoms with Crippen molar-refractivity contribution in [1.29, 1.82) is 0 Å². The molecular weight excluding hydrogens is 230 g/mol. The molecule has 0 saturated carbocycles. The number of nitrogens with one attached hydrogen (secondary N) is 1. The van der Waals surface area contributed by atoms with Gasteiger partial charge in [0.15, 0.2) is 0 Å². The molecule has 0 amide bonds. The van der Waals surface area contributed by atoms with E-state index in [1.165, 1.54) is 6.42 Å². The van der Waals surface area contributed by atoms with Crippen molar-refractivity contribution in [2.24, 2.45) is 0 Å². The predicted molar refractivity (Wildman–Crippen MR) is 69.6 cm³/mol. The average Bonchev–Trinajstić information content (AvgIpc) is 2.38. The number of aromatic nitrogens is 2. The lowest BCUT2D eigenvalue weighted by Gasteiger charge is -2.29. The molecule has 1 aliphatic carbocycles.